The van der Waals surface area contributed by atoms with Gasteiger partial charge in [0.2, 0.25) is 0 Å². The maximum atomic E-state index is 2.39. The SMILES string of the molecule is C(=C\c1ccccc1-c1cccc(-n2c3ccccc3c3ccccc32)c1)/c1ccccc1-c1cccc(-n2c3ccccc3c3ccccc32)c1. The van der Waals surface area contributed by atoms with Crippen molar-refractivity contribution in [2.75, 3.05) is 0 Å². The van der Waals surface area contributed by atoms with Gasteiger partial charge in [-0.05, 0) is 81.9 Å². The lowest BCUT2D eigenvalue weighted by atomic mass is 9.96. The fourth-order valence-corrected chi connectivity index (χ4v) is 8.02. The molecule has 2 heteroatoms. The number of nitrogens with zero attached hydrogens (tertiary/aromatic N) is 2. The molecule has 2 nitrogen and oxygen atoms in total. The number of para-hydroxylation sites is 4. The third kappa shape index (κ3) is 4.96. The summed E-state index contributed by atoms with van der Waals surface area (Å²) in [5.74, 6) is 0. The largest absolute Gasteiger partial charge is 0.309 e. The molecule has 0 saturated carbocycles. The second kappa shape index (κ2) is 12.5. The molecule has 2 aromatic heterocycles. The molecular formula is C50H34N2. The Morgan fingerprint density at radius 3 is 1.00 bits per heavy atom. The van der Waals surface area contributed by atoms with Crippen molar-refractivity contribution in [2.45, 2.75) is 0 Å². The third-order valence-corrected chi connectivity index (χ3v) is 10.4. The average Bonchev–Trinajstić information content (AvgIpc) is 3.74. The van der Waals surface area contributed by atoms with Gasteiger partial charge >= 0.3 is 0 Å². The Balaban J connectivity index is 1.04. The molecule has 0 atom stereocenters. The van der Waals surface area contributed by atoms with Gasteiger partial charge in [0.05, 0.1) is 22.1 Å². The van der Waals surface area contributed by atoms with E-state index in [1.54, 1.807) is 0 Å². The molecule has 52 heavy (non-hydrogen) atoms. The molecule has 0 unspecified atom stereocenters. The zero-order valence-electron chi connectivity index (χ0n) is 28.5. The summed E-state index contributed by atoms with van der Waals surface area (Å²) in [5.41, 5.74) is 14.3. The van der Waals surface area contributed by atoms with Crippen molar-refractivity contribution in [2.24, 2.45) is 0 Å². The highest BCUT2D eigenvalue weighted by Crippen LogP contribution is 2.36. The molecule has 0 bridgehead atoms. The zero-order chi connectivity index (χ0) is 34.4. The number of fused-ring (bicyclic) bond motifs is 6. The highest BCUT2D eigenvalue weighted by Gasteiger charge is 2.14. The molecule has 244 valence electrons. The Labute approximate surface area is 302 Å². The Hall–Kier alpha value is -6.90. The molecule has 0 spiro atoms. The molecule has 10 rings (SSSR count). The van der Waals surface area contributed by atoms with Crippen LogP contribution in [0.3, 0.4) is 0 Å². The van der Waals surface area contributed by atoms with Crippen molar-refractivity contribution < 1.29 is 0 Å². The molecule has 0 fully saturated rings. The lowest BCUT2D eigenvalue weighted by Gasteiger charge is -2.13. The lowest BCUT2D eigenvalue weighted by Crippen LogP contribution is -1.94. The van der Waals surface area contributed by atoms with Gasteiger partial charge in [-0.3, -0.25) is 0 Å². The Kier molecular flexibility index (Phi) is 7.18. The highest BCUT2D eigenvalue weighted by molar-refractivity contribution is 6.10. The molecule has 0 aliphatic carbocycles. The van der Waals surface area contributed by atoms with Gasteiger partial charge < -0.3 is 9.13 Å². The van der Waals surface area contributed by atoms with Gasteiger partial charge in [-0.1, -0.05) is 158 Å². The van der Waals surface area contributed by atoms with E-state index in [1.807, 2.05) is 0 Å². The molecule has 10 aromatic rings. The summed E-state index contributed by atoms with van der Waals surface area (Å²) >= 11 is 0. The molecule has 0 radical (unpaired) electrons. The van der Waals surface area contributed by atoms with E-state index < -0.39 is 0 Å². The van der Waals surface area contributed by atoms with Crippen LogP contribution in [-0.2, 0) is 0 Å². The van der Waals surface area contributed by atoms with E-state index in [0.29, 0.717) is 0 Å². The van der Waals surface area contributed by atoms with Crippen molar-refractivity contribution in [3.63, 3.8) is 0 Å². The number of rotatable bonds is 6. The van der Waals surface area contributed by atoms with E-state index in [-0.39, 0.29) is 0 Å². The fourth-order valence-electron chi connectivity index (χ4n) is 8.02. The van der Waals surface area contributed by atoms with E-state index in [1.165, 1.54) is 77.0 Å². The molecule has 0 saturated heterocycles. The van der Waals surface area contributed by atoms with Crippen LogP contribution >= 0.6 is 0 Å². The van der Waals surface area contributed by atoms with E-state index in [2.05, 4.69) is 215 Å². The molecule has 8 aromatic carbocycles. The van der Waals surface area contributed by atoms with Crippen molar-refractivity contribution in [1.82, 2.24) is 9.13 Å². The van der Waals surface area contributed by atoms with E-state index >= 15 is 0 Å². The summed E-state index contributed by atoms with van der Waals surface area (Å²) in [6, 6.07) is 70.0. The minimum Gasteiger partial charge on any atom is -0.309 e. The maximum absolute atomic E-state index is 2.39. The first-order valence-electron chi connectivity index (χ1n) is 17.9. The summed E-state index contributed by atoms with van der Waals surface area (Å²) in [6.07, 6.45) is 4.52. The molecule has 2 heterocycles. The number of benzene rings is 8. The average molecular weight is 663 g/mol. The maximum Gasteiger partial charge on any atom is 0.0541 e. The van der Waals surface area contributed by atoms with E-state index in [9.17, 15) is 0 Å². The van der Waals surface area contributed by atoms with Crippen molar-refractivity contribution in [3.8, 4) is 33.6 Å². The molecule has 0 amide bonds. The number of aromatic nitrogens is 2. The zero-order valence-corrected chi connectivity index (χ0v) is 28.5. The standard InChI is InChI=1S/C50H34N2/c1-3-21-41(37-17-13-19-39(33-37)51-47-27-9-5-23-43(47)44-24-6-10-28-48(44)51)35(15-1)31-32-36-16-2-4-22-42(36)38-18-14-20-40(34-38)52-49-29-11-7-25-45(49)46-26-8-12-30-50(46)52/h1-34H/b32-31+. The van der Waals surface area contributed by atoms with Gasteiger partial charge in [0, 0.05) is 32.9 Å². The first-order chi connectivity index (χ1) is 25.8. The van der Waals surface area contributed by atoms with Crippen LogP contribution in [0.25, 0.3) is 89.4 Å². The van der Waals surface area contributed by atoms with Crippen molar-refractivity contribution in [3.05, 3.63) is 205 Å². The molecule has 0 aliphatic heterocycles. The summed E-state index contributed by atoms with van der Waals surface area (Å²) in [4.78, 5) is 0. The summed E-state index contributed by atoms with van der Waals surface area (Å²) < 4.78 is 4.77. The monoisotopic (exact) mass is 662 g/mol. The lowest BCUT2D eigenvalue weighted by molar-refractivity contribution is 1.18. The summed E-state index contributed by atoms with van der Waals surface area (Å²) in [6.45, 7) is 0. The van der Waals surface area contributed by atoms with Gasteiger partial charge in [-0.25, -0.2) is 0 Å². The van der Waals surface area contributed by atoms with E-state index in [4.69, 9.17) is 0 Å². The minimum absolute atomic E-state index is 1.15. The highest BCUT2D eigenvalue weighted by atomic mass is 15.0. The summed E-state index contributed by atoms with van der Waals surface area (Å²) in [5, 5.41) is 5.08. The van der Waals surface area contributed by atoms with Crippen LogP contribution in [0.1, 0.15) is 11.1 Å². The van der Waals surface area contributed by atoms with E-state index in [0.717, 1.165) is 11.4 Å². The quantitative estimate of drug-likeness (QED) is 0.157. The normalized spacial score (nSPS) is 11.8. The molecular weight excluding hydrogens is 629 g/mol. The van der Waals surface area contributed by atoms with Gasteiger partial charge in [-0.2, -0.15) is 0 Å². The first-order valence-corrected chi connectivity index (χ1v) is 17.9. The molecule has 0 N–H and O–H groups in total. The van der Waals surface area contributed by atoms with Crippen LogP contribution < -0.4 is 0 Å². The second-order valence-electron chi connectivity index (χ2n) is 13.3. The fraction of sp³-hybridized carbons (Fsp3) is 0. The number of hydrogen-bond donors (Lipinski definition) is 0. The van der Waals surface area contributed by atoms with Crippen molar-refractivity contribution >= 4 is 55.8 Å². The summed E-state index contributed by atoms with van der Waals surface area (Å²) in [7, 11) is 0. The van der Waals surface area contributed by atoms with Gasteiger partial charge in [0.1, 0.15) is 0 Å². The second-order valence-corrected chi connectivity index (χ2v) is 13.3. The van der Waals surface area contributed by atoms with Crippen LogP contribution in [0, 0.1) is 0 Å². The molecule has 0 aliphatic rings. The Morgan fingerprint density at radius 2 is 0.615 bits per heavy atom. The smallest absolute Gasteiger partial charge is 0.0541 e. The minimum atomic E-state index is 1.15. The predicted octanol–water partition coefficient (Wildman–Crippen LogP) is 13.4. The first kappa shape index (κ1) is 30.0. The topological polar surface area (TPSA) is 9.86 Å². The number of hydrogen-bond acceptors (Lipinski definition) is 0. The van der Waals surface area contributed by atoms with Crippen LogP contribution in [0.5, 0.6) is 0 Å². The van der Waals surface area contributed by atoms with Gasteiger partial charge in [0.15, 0.2) is 0 Å². The third-order valence-electron chi connectivity index (χ3n) is 10.4. The van der Waals surface area contributed by atoms with Crippen molar-refractivity contribution in [1.29, 1.82) is 0 Å². The van der Waals surface area contributed by atoms with Crippen LogP contribution in [0.4, 0.5) is 0 Å². The predicted molar refractivity (Wildman–Crippen MR) is 221 cm³/mol. The van der Waals surface area contributed by atoms with Gasteiger partial charge in [0.25, 0.3) is 0 Å². The van der Waals surface area contributed by atoms with Crippen LogP contribution in [0.2, 0.25) is 0 Å². The Bertz CT molecular complexity index is 2660. The van der Waals surface area contributed by atoms with Gasteiger partial charge in [-0.15, -0.1) is 0 Å². The van der Waals surface area contributed by atoms with Crippen LogP contribution in [0.15, 0.2) is 194 Å². The van der Waals surface area contributed by atoms with Crippen LogP contribution in [-0.4, -0.2) is 9.13 Å². The Morgan fingerprint density at radius 1 is 0.288 bits per heavy atom.